The average Bonchev–Trinajstić information content (AvgIpc) is 2.17. The summed E-state index contributed by atoms with van der Waals surface area (Å²) in [7, 11) is 1.23. The van der Waals surface area contributed by atoms with E-state index in [-0.39, 0.29) is 5.75 Å². The van der Waals surface area contributed by atoms with Gasteiger partial charge in [-0.05, 0) is 12.1 Å². The number of methoxy groups -OCH3 is 1. The van der Waals surface area contributed by atoms with E-state index in [2.05, 4.69) is 4.74 Å². The number of hydrogen-bond donors (Lipinski definition) is 3. The summed E-state index contributed by atoms with van der Waals surface area (Å²) in [6.45, 7) is 0. The largest absolute Gasteiger partial charge is 0.504 e. The Balaban J connectivity index is 3.32. The van der Waals surface area contributed by atoms with Crippen molar-refractivity contribution in [3.63, 3.8) is 0 Å². The number of aliphatic carboxylic acids is 1. The Kier molecular flexibility index (Phi) is 3.11. The molecule has 3 N–H and O–H groups in total. The van der Waals surface area contributed by atoms with Crippen LogP contribution in [-0.2, 0) is 4.79 Å². The first-order valence-electron chi connectivity index (χ1n) is 3.95. The van der Waals surface area contributed by atoms with E-state index in [0.29, 0.717) is 0 Å². The number of phenolic OH excluding ortho intramolecular Hbond substituents is 1. The minimum Gasteiger partial charge on any atom is -0.504 e. The van der Waals surface area contributed by atoms with Gasteiger partial charge in [0, 0.05) is 0 Å². The van der Waals surface area contributed by atoms with Gasteiger partial charge in [0.2, 0.25) is 0 Å². The third kappa shape index (κ3) is 1.99. The van der Waals surface area contributed by atoms with Crippen LogP contribution in [0.4, 0.5) is 4.39 Å². The summed E-state index contributed by atoms with van der Waals surface area (Å²) in [5.74, 6) is -3.49. The number of aliphatic hydroxyl groups excluding tert-OH is 1. The Labute approximate surface area is 84.3 Å². The maximum atomic E-state index is 13.1. The number of carboxylic acids is 1. The van der Waals surface area contributed by atoms with Crippen LogP contribution in [0.15, 0.2) is 12.1 Å². The van der Waals surface area contributed by atoms with E-state index in [1.54, 1.807) is 0 Å². The van der Waals surface area contributed by atoms with Gasteiger partial charge in [-0.1, -0.05) is 0 Å². The SMILES string of the molecule is COc1ccc(F)c(C(O)C(=O)O)c1O. The third-order valence-corrected chi connectivity index (χ3v) is 1.85. The van der Waals surface area contributed by atoms with Gasteiger partial charge in [0.25, 0.3) is 0 Å². The fourth-order valence-electron chi connectivity index (χ4n) is 1.11. The minimum atomic E-state index is -2.12. The molecule has 0 heterocycles. The number of halogens is 1. The van der Waals surface area contributed by atoms with Gasteiger partial charge in [0.1, 0.15) is 5.82 Å². The molecule has 0 saturated heterocycles. The molecule has 1 aromatic carbocycles. The number of rotatable bonds is 3. The van der Waals surface area contributed by atoms with Crippen LogP contribution in [0.5, 0.6) is 11.5 Å². The van der Waals surface area contributed by atoms with Gasteiger partial charge in [0.15, 0.2) is 17.6 Å². The van der Waals surface area contributed by atoms with Crippen LogP contribution in [0.25, 0.3) is 0 Å². The van der Waals surface area contributed by atoms with Gasteiger partial charge >= 0.3 is 5.97 Å². The Morgan fingerprint density at radius 1 is 1.53 bits per heavy atom. The second kappa shape index (κ2) is 4.14. The van der Waals surface area contributed by atoms with Crippen molar-refractivity contribution >= 4 is 5.97 Å². The van der Waals surface area contributed by atoms with E-state index >= 15 is 0 Å². The Morgan fingerprint density at radius 3 is 2.60 bits per heavy atom. The van der Waals surface area contributed by atoms with Crippen molar-refractivity contribution in [1.29, 1.82) is 0 Å². The van der Waals surface area contributed by atoms with Crippen LogP contribution in [-0.4, -0.2) is 28.4 Å². The van der Waals surface area contributed by atoms with E-state index in [1.807, 2.05) is 0 Å². The normalized spacial score (nSPS) is 12.2. The molecule has 0 aromatic heterocycles. The molecule has 0 aliphatic carbocycles. The van der Waals surface area contributed by atoms with E-state index < -0.39 is 29.2 Å². The number of carbonyl (C=O) groups is 1. The second-order valence-electron chi connectivity index (χ2n) is 2.75. The summed E-state index contributed by atoms with van der Waals surface area (Å²) in [6, 6.07) is 2.03. The lowest BCUT2D eigenvalue weighted by molar-refractivity contribution is -0.147. The van der Waals surface area contributed by atoms with Gasteiger partial charge < -0.3 is 20.1 Å². The smallest absolute Gasteiger partial charge is 0.337 e. The molecular formula is C9H9FO5. The molecule has 5 nitrogen and oxygen atoms in total. The van der Waals surface area contributed by atoms with Crippen molar-refractivity contribution < 1.29 is 29.2 Å². The van der Waals surface area contributed by atoms with Crippen LogP contribution >= 0.6 is 0 Å². The summed E-state index contributed by atoms with van der Waals surface area (Å²) < 4.78 is 17.8. The van der Waals surface area contributed by atoms with Gasteiger partial charge in [0.05, 0.1) is 12.7 Å². The van der Waals surface area contributed by atoms with Crippen molar-refractivity contribution in [1.82, 2.24) is 0 Å². The first-order valence-corrected chi connectivity index (χ1v) is 3.95. The Bertz CT molecular complexity index is 390. The molecule has 0 aliphatic heterocycles. The zero-order valence-corrected chi connectivity index (χ0v) is 7.77. The number of phenols is 1. The molecule has 0 spiro atoms. The molecule has 0 aliphatic rings. The van der Waals surface area contributed by atoms with Crippen molar-refractivity contribution in [2.75, 3.05) is 7.11 Å². The summed E-state index contributed by atoms with van der Waals surface area (Å²) in [6.07, 6.45) is -2.12. The van der Waals surface area contributed by atoms with E-state index in [9.17, 15) is 14.3 Å². The van der Waals surface area contributed by atoms with Crippen LogP contribution < -0.4 is 4.74 Å². The second-order valence-corrected chi connectivity index (χ2v) is 2.75. The lowest BCUT2D eigenvalue weighted by Gasteiger charge is -2.12. The van der Waals surface area contributed by atoms with Crippen LogP contribution in [0.3, 0.4) is 0 Å². The summed E-state index contributed by atoms with van der Waals surface area (Å²) >= 11 is 0. The number of aromatic hydroxyl groups is 1. The zero-order valence-electron chi connectivity index (χ0n) is 7.77. The number of hydrogen-bond acceptors (Lipinski definition) is 4. The van der Waals surface area contributed by atoms with Crippen LogP contribution in [0.1, 0.15) is 11.7 Å². The lowest BCUT2D eigenvalue weighted by atomic mass is 10.1. The van der Waals surface area contributed by atoms with Crippen molar-refractivity contribution in [3.8, 4) is 11.5 Å². The molecule has 6 heteroatoms. The average molecular weight is 216 g/mol. The van der Waals surface area contributed by atoms with Gasteiger partial charge in [-0.3, -0.25) is 0 Å². The highest BCUT2D eigenvalue weighted by atomic mass is 19.1. The molecular weight excluding hydrogens is 207 g/mol. The number of benzene rings is 1. The molecule has 1 unspecified atom stereocenters. The van der Waals surface area contributed by atoms with E-state index in [0.717, 1.165) is 12.1 Å². The van der Waals surface area contributed by atoms with Crippen LogP contribution in [0, 0.1) is 5.82 Å². The quantitative estimate of drug-likeness (QED) is 0.690. The molecule has 1 rings (SSSR count). The maximum Gasteiger partial charge on any atom is 0.337 e. The number of aliphatic hydroxyl groups is 1. The van der Waals surface area contributed by atoms with E-state index in [4.69, 9.17) is 10.2 Å². The summed E-state index contributed by atoms with van der Waals surface area (Å²) in [4.78, 5) is 10.4. The lowest BCUT2D eigenvalue weighted by Crippen LogP contribution is -2.12. The highest BCUT2D eigenvalue weighted by Gasteiger charge is 2.25. The molecule has 0 radical (unpaired) electrons. The van der Waals surface area contributed by atoms with Gasteiger partial charge in [-0.25, -0.2) is 9.18 Å². The van der Waals surface area contributed by atoms with Crippen LogP contribution in [0.2, 0.25) is 0 Å². The maximum absolute atomic E-state index is 13.1. The topological polar surface area (TPSA) is 87.0 Å². The van der Waals surface area contributed by atoms with E-state index in [1.165, 1.54) is 7.11 Å². The fraction of sp³-hybridized carbons (Fsp3) is 0.222. The Hall–Kier alpha value is -1.82. The molecule has 0 amide bonds. The first-order chi connectivity index (χ1) is 6.99. The highest BCUT2D eigenvalue weighted by molar-refractivity contribution is 5.75. The molecule has 0 saturated carbocycles. The fourth-order valence-corrected chi connectivity index (χ4v) is 1.11. The first kappa shape index (κ1) is 11.3. The Morgan fingerprint density at radius 2 is 2.13 bits per heavy atom. The zero-order chi connectivity index (χ0) is 11.6. The number of ether oxygens (including phenoxy) is 1. The van der Waals surface area contributed by atoms with Crippen molar-refractivity contribution in [2.24, 2.45) is 0 Å². The number of carboxylic acid groups (broad SMARTS) is 1. The highest BCUT2D eigenvalue weighted by Crippen LogP contribution is 2.35. The molecule has 15 heavy (non-hydrogen) atoms. The summed E-state index contributed by atoms with van der Waals surface area (Å²) in [5, 5.41) is 27.0. The predicted octanol–water partition coefficient (Wildman–Crippen LogP) is 0.658. The monoisotopic (exact) mass is 216 g/mol. The minimum absolute atomic E-state index is 0.105. The third-order valence-electron chi connectivity index (χ3n) is 1.85. The molecule has 1 aromatic rings. The predicted molar refractivity (Wildman–Crippen MR) is 47.2 cm³/mol. The molecule has 0 fully saturated rings. The van der Waals surface area contributed by atoms with Gasteiger partial charge in [-0.15, -0.1) is 0 Å². The molecule has 82 valence electrons. The van der Waals surface area contributed by atoms with Crippen molar-refractivity contribution in [3.05, 3.63) is 23.5 Å². The molecule has 1 atom stereocenters. The standard InChI is InChI=1S/C9H9FO5/c1-15-5-3-2-4(10)6(7(5)11)8(12)9(13)14/h2-3,8,11-12H,1H3,(H,13,14). The van der Waals surface area contributed by atoms with Gasteiger partial charge in [-0.2, -0.15) is 0 Å². The molecule has 0 bridgehead atoms. The van der Waals surface area contributed by atoms with Crippen molar-refractivity contribution in [2.45, 2.75) is 6.10 Å². The summed E-state index contributed by atoms with van der Waals surface area (Å²) in [5.41, 5.74) is -0.707.